The lowest BCUT2D eigenvalue weighted by molar-refractivity contribution is -0.131. The predicted octanol–water partition coefficient (Wildman–Crippen LogP) is -0.0755. The smallest absolute Gasteiger partial charge is 0.225 e. The Labute approximate surface area is 183 Å². The van der Waals surface area contributed by atoms with Gasteiger partial charge in [0.15, 0.2) is 5.96 Å². The second-order valence-corrected chi connectivity index (χ2v) is 7.15. The summed E-state index contributed by atoms with van der Waals surface area (Å²) in [6.07, 6.45) is 6.46. The van der Waals surface area contributed by atoms with Crippen LogP contribution >= 0.6 is 0 Å². The topological polar surface area (TPSA) is 116 Å². The Morgan fingerprint density at radius 3 is 2.61 bits per heavy atom. The molecule has 0 unspecified atom stereocenters. The Balaban J connectivity index is 1.40. The first-order valence-corrected chi connectivity index (χ1v) is 10.9. The lowest BCUT2D eigenvalue weighted by atomic mass is 10.3. The predicted molar refractivity (Wildman–Crippen MR) is 119 cm³/mol. The molecule has 1 saturated heterocycles. The molecule has 31 heavy (non-hydrogen) atoms. The highest BCUT2D eigenvalue weighted by atomic mass is 16.2. The van der Waals surface area contributed by atoms with E-state index in [0.29, 0.717) is 38.6 Å². The number of rotatable bonds is 9. The molecule has 0 aliphatic carbocycles. The molecule has 0 atom stereocenters. The highest BCUT2D eigenvalue weighted by Crippen LogP contribution is 2.10. The largest absolute Gasteiger partial charge is 0.357 e. The molecule has 11 heteroatoms. The van der Waals surface area contributed by atoms with Crippen molar-refractivity contribution in [1.82, 2.24) is 40.3 Å². The van der Waals surface area contributed by atoms with Gasteiger partial charge in [-0.3, -0.25) is 9.79 Å². The van der Waals surface area contributed by atoms with E-state index in [2.05, 4.69) is 47.6 Å². The Morgan fingerprint density at radius 2 is 1.90 bits per heavy atom. The van der Waals surface area contributed by atoms with Crippen molar-refractivity contribution < 1.29 is 4.79 Å². The lowest BCUT2D eigenvalue weighted by Gasteiger charge is -2.34. The summed E-state index contributed by atoms with van der Waals surface area (Å²) in [7, 11) is 0. The van der Waals surface area contributed by atoms with E-state index in [1.165, 1.54) is 0 Å². The van der Waals surface area contributed by atoms with Gasteiger partial charge in [0, 0.05) is 71.0 Å². The maximum atomic E-state index is 12.6. The zero-order valence-electron chi connectivity index (χ0n) is 18.4. The quantitative estimate of drug-likeness (QED) is 0.421. The normalized spacial score (nSPS) is 14.6. The number of nitrogens with zero attached hydrogens (tertiary/aromatic N) is 8. The highest BCUT2D eigenvalue weighted by molar-refractivity contribution is 5.81. The second kappa shape index (κ2) is 11.8. The van der Waals surface area contributed by atoms with Gasteiger partial charge in [-0.05, 0) is 13.0 Å². The fourth-order valence-corrected chi connectivity index (χ4v) is 3.41. The van der Waals surface area contributed by atoms with Crippen molar-refractivity contribution in [2.45, 2.75) is 33.2 Å². The third-order valence-electron chi connectivity index (χ3n) is 5.06. The molecule has 1 fully saturated rings. The first-order valence-electron chi connectivity index (χ1n) is 10.9. The van der Waals surface area contributed by atoms with Crippen molar-refractivity contribution in [1.29, 1.82) is 0 Å². The second-order valence-electron chi connectivity index (χ2n) is 7.15. The van der Waals surface area contributed by atoms with E-state index in [0.717, 1.165) is 44.4 Å². The summed E-state index contributed by atoms with van der Waals surface area (Å²) in [5, 5.41) is 14.6. The molecule has 0 radical (unpaired) electrons. The number of carbonyl (C=O) groups excluding carboxylic acids is 1. The van der Waals surface area contributed by atoms with E-state index < -0.39 is 0 Å². The standard InChI is InChI=1S/C20H32N10O/c1-3-17-27-26-16-30(17)11-10-23-19(21-4-2)22-9-6-18(31)28-12-14-29(15-13-28)20-24-7-5-8-25-20/h5,7-8,16H,3-4,6,9-15H2,1-2H3,(H2,21,22,23). The van der Waals surface area contributed by atoms with Crippen molar-refractivity contribution in [2.75, 3.05) is 50.7 Å². The maximum absolute atomic E-state index is 12.6. The zero-order chi connectivity index (χ0) is 21.9. The van der Waals surface area contributed by atoms with Crippen molar-refractivity contribution in [3.05, 3.63) is 30.6 Å². The SMILES string of the molecule is CCNC(=NCCC(=O)N1CCN(c2ncccn2)CC1)NCCn1cnnc1CC. The Morgan fingerprint density at radius 1 is 1.13 bits per heavy atom. The third kappa shape index (κ3) is 6.63. The number of nitrogens with one attached hydrogen (secondary N) is 2. The summed E-state index contributed by atoms with van der Waals surface area (Å²) in [6, 6.07) is 1.80. The van der Waals surface area contributed by atoms with Crippen LogP contribution in [0.4, 0.5) is 5.95 Å². The molecule has 0 saturated carbocycles. The van der Waals surface area contributed by atoms with Crippen LogP contribution in [0.25, 0.3) is 0 Å². The molecule has 3 rings (SSSR count). The van der Waals surface area contributed by atoms with E-state index in [4.69, 9.17) is 0 Å². The Hall–Kier alpha value is -3.24. The van der Waals surface area contributed by atoms with Gasteiger partial charge in [0.25, 0.3) is 0 Å². The first kappa shape index (κ1) is 22.4. The molecule has 11 nitrogen and oxygen atoms in total. The lowest BCUT2D eigenvalue weighted by Crippen LogP contribution is -2.49. The van der Waals surface area contributed by atoms with Gasteiger partial charge in [-0.2, -0.15) is 0 Å². The number of guanidine groups is 1. The van der Waals surface area contributed by atoms with Crippen LogP contribution in [0.1, 0.15) is 26.1 Å². The van der Waals surface area contributed by atoms with Crippen LogP contribution in [-0.4, -0.2) is 87.3 Å². The number of aryl methyl sites for hydroxylation is 1. The number of amides is 1. The van der Waals surface area contributed by atoms with Crippen molar-refractivity contribution in [2.24, 2.45) is 4.99 Å². The summed E-state index contributed by atoms with van der Waals surface area (Å²) in [5.74, 6) is 2.53. The molecule has 1 amide bonds. The summed E-state index contributed by atoms with van der Waals surface area (Å²) in [4.78, 5) is 29.7. The summed E-state index contributed by atoms with van der Waals surface area (Å²) in [6.45, 7) is 9.59. The van der Waals surface area contributed by atoms with Crippen molar-refractivity contribution in [3.63, 3.8) is 0 Å². The minimum absolute atomic E-state index is 0.130. The molecule has 2 aromatic rings. The first-order chi connectivity index (χ1) is 15.2. The Kier molecular flexibility index (Phi) is 8.56. The fraction of sp³-hybridized carbons (Fsp3) is 0.600. The van der Waals surface area contributed by atoms with Gasteiger partial charge >= 0.3 is 0 Å². The van der Waals surface area contributed by atoms with Crippen LogP contribution in [0.2, 0.25) is 0 Å². The Bertz CT molecular complexity index is 829. The van der Waals surface area contributed by atoms with E-state index in [1.54, 1.807) is 24.8 Å². The maximum Gasteiger partial charge on any atom is 0.225 e. The molecule has 1 aliphatic rings. The molecule has 1 aliphatic heterocycles. The van der Waals surface area contributed by atoms with Crippen LogP contribution in [0.5, 0.6) is 0 Å². The average Bonchev–Trinajstić information content (AvgIpc) is 3.27. The van der Waals surface area contributed by atoms with Gasteiger partial charge in [-0.1, -0.05) is 6.92 Å². The van der Waals surface area contributed by atoms with Gasteiger partial charge in [0.2, 0.25) is 11.9 Å². The van der Waals surface area contributed by atoms with Crippen molar-refractivity contribution in [3.8, 4) is 0 Å². The number of carbonyl (C=O) groups is 1. The molecule has 0 spiro atoms. The van der Waals surface area contributed by atoms with E-state index in [9.17, 15) is 4.79 Å². The number of hydrogen-bond acceptors (Lipinski definition) is 7. The molecule has 0 aromatic carbocycles. The zero-order valence-corrected chi connectivity index (χ0v) is 18.4. The average molecular weight is 429 g/mol. The van der Waals surface area contributed by atoms with E-state index >= 15 is 0 Å². The number of hydrogen-bond donors (Lipinski definition) is 2. The molecule has 168 valence electrons. The number of aliphatic imine (C=N–C) groups is 1. The van der Waals surface area contributed by atoms with Gasteiger partial charge in [0.1, 0.15) is 12.2 Å². The van der Waals surface area contributed by atoms with Gasteiger partial charge in [-0.25, -0.2) is 9.97 Å². The van der Waals surface area contributed by atoms with Crippen molar-refractivity contribution >= 4 is 17.8 Å². The van der Waals surface area contributed by atoms with Gasteiger partial charge in [0.05, 0.1) is 6.54 Å². The number of piperazine rings is 1. The van der Waals surface area contributed by atoms with Crippen LogP contribution in [-0.2, 0) is 17.8 Å². The summed E-state index contributed by atoms with van der Waals surface area (Å²) in [5.41, 5.74) is 0. The molecule has 3 heterocycles. The van der Waals surface area contributed by atoms with Crippen LogP contribution < -0.4 is 15.5 Å². The highest BCUT2D eigenvalue weighted by Gasteiger charge is 2.22. The summed E-state index contributed by atoms with van der Waals surface area (Å²) < 4.78 is 2.03. The number of anilines is 1. The molecular formula is C20H32N10O. The van der Waals surface area contributed by atoms with Gasteiger partial charge in [-0.15, -0.1) is 10.2 Å². The van der Waals surface area contributed by atoms with Gasteiger partial charge < -0.3 is 25.0 Å². The minimum atomic E-state index is 0.130. The van der Waals surface area contributed by atoms with Crippen LogP contribution in [0, 0.1) is 0 Å². The van der Waals surface area contributed by atoms with E-state index in [-0.39, 0.29) is 5.91 Å². The molecule has 0 bridgehead atoms. The van der Waals surface area contributed by atoms with Crippen LogP contribution in [0.3, 0.4) is 0 Å². The molecular weight excluding hydrogens is 396 g/mol. The number of aromatic nitrogens is 5. The fourth-order valence-electron chi connectivity index (χ4n) is 3.41. The molecule has 2 N–H and O–H groups in total. The monoisotopic (exact) mass is 428 g/mol. The van der Waals surface area contributed by atoms with Crippen LogP contribution in [0.15, 0.2) is 29.8 Å². The molecule has 2 aromatic heterocycles. The van der Waals surface area contributed by atoms with E-state index in [1.807, 2.05) is 16.4 Å². The third-order valence-corrected chi connectivity index (χ3v) is 5.06. The summed E-state index contributed by atoms with van der Waals surface area (Å²) >= 11 is 0. The minimum Gasteiger partial charge on any atom is -0.357 e.